The molecule has 7 nitrogen and oxygen atoms in total. The minimum Gasteiger partial charge on any atom is -0.504 e. The van der Waals surface area contributed by atoms with Crippen LogP contribution in [-0.2, 0) is 4.79 Å². The lowest BCUT2D eigenvalue weighted by atomic mass is 9.49. The molecule has 2 amide bonds. The summed E-state index contributed by atoms with van der Waals surface area (Å²) >= 11 is 0. The molecule has 7 heteroatoms. The maximum Gasteiger partial charge on any atom is 0.251 e. The number of hydrogen-bond donors (Lipinski definition) is 5. The number of phenolic OH excluding ortho intramolecular Hbond substituents is 3. The van der Waals surface area contributed by atoms with Crippen molar-refractivity contribution in [2.45, 2.75) is 44.9 Å². The predicted octanol–water partition coefficient (Wildman–Crippen LogP) is 2.26. The number of rotatable bonds is 6. The van der Waals surface area contributed by atoms with E-state index in [0.29, 0.717) is 13.0 Å². The molecule has 4 fully saturated rings. The second kappa shape index (κ2) is 7.18. The summed E-state index contributed by atoms with van der Waals surface area (Å²) in [6.07, 6.45) is 8.23. The lowest BCUT2D eigenvalue weighted by Gasteiger charge is -2.56. The van der Waals surface area contributed by atoms with Crippen molar-refractivity contribution >= 4 is 11.8 Å². The Balaban J connectivity index is 1.22. The first-order valence-corrected chi connectivity index (χ1v) is 10.1. The smallest absolute Gasteiger partial charge is 0.251 e. The molecule has 5 rings (SSSR count). The number of carbonyl (C=O) groups is 2. The van der Waals surface area contributed by atoms with Crippen LogP contribution in [0.5, 0.6) is 17.2 Å². The lowest BCUT2D eigenvalue weighted by Crippen LogP contribution is -2.48. The zero-order chi connectivity index (χ0) is 19.9. The predicted molar refractivity (Wildman–Crippen MR) is 102 cm³/mol. The zero-order valence-electron chi connectivity index (χ0n) is 15.9. The van der Waals surface area contributed by atoms with E-state index in [1.807, 2.05) is 0 Å². The molecule has 5 N–H and O–H groups in total. The fourth-order valence-electron chi connectivity index (χ4n) is 6.12. The van der Waals surface area contributed by atoms with E-state index in [9.17, 15) is 24.9 Å². The summed E-state index contributed by atoms with van der Waals surface area (Å²) in [6.45, 7) is 0.570. The largest absolute Gasteiger partial charge is 0.504 e. The quantitative estimate of drug-likeness (QED) is 0.378. The monoisotopic (exact) mass is 388 g/mol. The van der Waals surface area contributed by atoms with Crippen LogP contribution in [0.25, 0.3) is 0 Å². The number of aromatic hydroxyl groups is 3. The van der Waals surface area contributed by atoms with Gasteiger partial charge in [-0.15, -0.1) is 0 Å². The van der Waals surface area contributed by atoms with Crippen LogP contribution in [0.3, 0.4) is 0 Å². The van der Waals surface area contributed by atoms with Crippen LogP contribution in [0.4, 0.5) is 0 Å². The molecule has 0 atom stereocenters. The van der Waals surface area contributed by atoms with Gasteiger partial charge in [-0.3, -0.25) is 9.59 Å². The van der Waals surface area contributed by atoms with Crippen molar-refractivity contribution in [2.24, 2.45) is 23.2 Å². The molecular weight excluding hydrogens is 360 g/mol. The normalized spacial score (nSPS) is 30.2. The molecule has 1 aromatic rings. The molecule has 1 aromatic carbocycles. The van der Waals surface area contributed by atoms with Crippen molar-refractivity contribution in [1.29, 1.82) is 0 Å². The van der Waals surface area contributed by atoms with Crippen LogP contribution in [0.2, 0.25) is 0 Å². The first kappa shape index (κ1) is 18.9. The van der Waals surface area contributed by atoms with Crippen LogP contribution in [-0.4, -0.2) is 40.2 Å². The van der Waals surface area contributed by atoms with E-state index in [2.05, 4.69) is 10.6 Å². The molecule has 152 valence electrons. The van der Waals surface area contributed by atoms with Crippen molar-refractivity contribution in [3.05, 3.63) is 17.7 Å². The Labute approximate surface area is 164 Å². The maximum absolute atomic E-state index is 12.5. The molecule has 4 bridgehead atoms. The van der Waals surface area contributed by atoms with Gasteiger partial charge in [-0.1, -0.05) is 0 Å². The third kappa shape index (κ3) is 3.75. The fourth-order valence-corrected chi connectivity index (χ4v) is 6.12. The second-order valence-corrected chi connectivity index (χ2v) is 9.06. The molecule has 28 heavy (non-hydrogen) atoms. The van der Waals surface area contributed by atoms with E-state index < -0.39 is 23.2 Å². The van der Waals surface area contributed by atoms with Crippen molar-refractivity contribution in [1.82, 2.24) is 10.6 Å². The summed E-state index contributed by atoms with van der Waals surface area (Å²) in [7, 11) is 0. The molecule has 4 saturated carbocycles. The summed E-state index contributed by atoms with van der Waals surface area (Å²) in [5.74, 6) is 0.220. The molecule has 0 aliphatic heterocycles. The van der Waals surface area contributed by atoms with Gasteiger partial charge in [-0.05, 0) is 73.8 Å². The fraction of sp³-hybridized carbons (Fsp3) is 0.619. The summed E-state index contributed by atoms with van der Waals surface area (Å²) in [5, 5.41) is 33.8. The summed E-state index contributed by atoms with van der Waals surface area (Å²) in [4.78, 5) is 24.5. The summed E-state index contributed by atoms with van der Waals surface area (Å²) in [5.41, 5.74) is 0.232. The lowest BCUT2D eigenvalue weighted by molar-refractivity contribution is -0.129. The van der Waals surface area contributed by atoms with Gasteiger partial charge in [0.1, 0.15) is 0 Å². The maximum atomic E-state index is 12.5. The molecule has 0 spiro atoms. The third-order valence-electron chi connectivity index (χ3n) is 6.77. The molecule has 0 heterocycles. The number of hydrogen-bond acceptors (Lipinski definition) is 5. The van der Waals surface area contributed by atoms with Crippen LogP contribution in [0.15, 0.2) is 12.1 Å². The Morgan fingerprint density at radius 2 is 1.39 bits per heavy atom. The van der Waals surface area contributed by atoms with Gasteiger partial charge in [0.15, 0.2) is 17.2 Å². The molecular formula is C21H28N2O5. The average Bonchev–Trinajstić information content (AvgIpc) is 2.61. The minimum atomic E-state index is -0.659. The average molecular weight is 388 g/mol. The van der Waals surface area contributed by atoms with Gasteiger partial charge in [0.25, 0.3) is 5.91 Å². The van der Waals surface area contributed by atoms with Crippen molar-refractivity contribution in [2.75, 3.05) is 13.1 Å². The van der Waals surface area contributed by atoms with Crippen molar-refractivity contribution in [3.8, 4) is 17.2 Å². The number of carbonyl (C=O) groups excluding carboxylic acids is 2. The van der Waals surface area contributed by atoms with E-state index in [1.54, 1.807) is 0 Å². The van der Waals surface area contributed by atoms with E-state index in [1.165, 1.54) is 38.5 Å². The van der Waals surface area contributed by atoms with Gasteiger partial charge < -0.3 is 26.0 Å². The van der Waals surface area contributed by atoms with Gasteiger partial charge in [0, 0.05) is 25.1 Å². The number of amides is 2. The van der Waals surface area contributed by atoms with Crippen LogP contribution < -0.4 is 10.6 Å². The Bertz CT molecular complexity index is 733. The zero-order valence-corrected chi connectivity index (χ0v) is 15.9. The first-order chi connectivity index (χ1) is 13.3. The highest BCUT2D eigenvalue weighted by Gasteiger charge is 2.51. The standard InChI is InChI=1S/C21H28N2O5/c24-16-6-15(7-17(25)19(16)27)20(28)23-2-1-22-18(26)11-21-8-12-3-13(9-21)5-14(4-12)10-21/h6-7,12-14,24-25,27H,1-5,8-11H2,(H,22,26)(H,23,28). The molecule has 0 unspecified atom stereocenters. The van der Waals surface area contributed by atoms with E-state index in [-0.39, 0.29) is 23.4 Å². The van der Waals surface area contributed by atoms with Crippen molar-refractivity contribution < 1.29 is 24.9 Å². The Hall–Kier alpha value is -2.44. The van der Waals surface area contributed by atoms with Gasteiger partial charge in [0.2, 0.25) is 5.91 Å². The number of benzene rings is 1. The molecule has 0 radical (unpaired) electrons. The molecule has 0 saturated heterocycles. The Kier molecular flexibility index (Phi) is 4.85. The van der Waals surface area contributed by atoms with Crippen molar-refractivity contribution in [3.63, 3.8) is 0 Å². The van der Waals surface area contributed by atoms with Gasteiger partial charge >= 0.3 is 0 Å². The summed E-state index contributed by atoms with van der Waals surface area (Å²) < 4.78 is 0. The topological polar surface area (TPSA) is 119 Å². The number of nitrogens with one attached hydrogen (secondary N) is 2. The first-order valence-electron chi connectivity index (χ1n) is 10.1. The molecule has 4 aliphatic rings. The second-order valence-electron chi connectivity index (χ2n) is 9.06. The number of phenols is 3. The van der Waals surface area contributed by atoms with Crippen LogP contribution in [0.1, 0.15) is 55.3 Å². The van der Waals surface area contributed by atoms with E-state index in [4.69, 9.17) is 0 Å². The Morgan fingerprint density at radius 1 is 0.893 bits per heavy atom. The van der Waals surface area contributed by atoms with E-state index in [0.717, 1.165) is 29.9 Å². The van der Waals surface area contributed by atoms with Gasteiger partial charge in [-0.2, -0.15) is 0 Å². The minimum absolute atomic E-state index is 0.0349. The summed E-state index contributed by atoms with van der Waals surface area (Å²) in [6, 6.07) is 2.16. The molecule has 4 aliphatic carbocycles. The van der Waals surface area contributed by atoms with Gasteiger partial charge in [-0.25, -0.2) is 0 Å². The third-order valence-corrected chi connectivity index (χ3v) is 6.77. The highest BCUT2D eigenvalue weighted by atomic mass is 16.3. The van der Waals surface area contributed by atoms with E-state index >= 15 is 0 Å². The van der Waals surface area contributed by atoms with Gasteiger partial charge in [0.05, 0.1) is 0 Å². The van der Waals surface area contributed by atoms with Crippen LogP contribution >= 0.6 is 0 Å². The molecule has 0 aromatic heterocycles. The highest BCUT2D eigenvalue weighted by Crippen LogP contribution is 2.61. The SMILES string of the molecule is O=C(CC12CC3CC(CC(C3)C1)C2)NCCNC(=O)c1cc(O)c(O)c(O)c1. The van der Waals surface area contributed by atoms with Crippen LogP contribution in [0, 0.1) is 23.2 Å². The Morgan fingerprint density at radius 3 is 1.93 bits per heavy atom. The highest BCUT2D eigenvalue weighted by molar-refractivity contribution is 5.95.